The molecule has 0 aromatic rings. The average Bonchev–Trinajstić information content (AvgIpc) is 2.91. The summed E-state index contributed by atoms with van der Waals surface area (Å²) in [7, 11) is -4.74. The highest BCUT2D eigenvalue weighted by Gasteiger charge is 2.22. The minimum absolute atomic E-state index is 0.205. The third-order valence-corrected chi connectivity index (χ3v) is 7.27. The largest absolute Gasteiger partial charge is 0.469 e. The first-order valence-corrected chi connectivity index (χ1v) is 17.5. The molecule has 0 fully saturated rings. The van der Waals surface area contributed by atoms with Gasteiger partial charge in [-0.3, -0.25) is 14.1 Å². The summed E-state index contributed by atoms with van der Waals surface area (Å²) in [6.07, 6.45) is 26.6. The molecule has 0 radical (unpaired) electrons. The van der Waals surface area contributed by atoms with Gasteiger partial charge in [0.05, 0.1) is 6.61 Å². The third-order valence-electron chi connectivity index (χ3n) is 6.78. The molecule has 0 aliphatic rings. The van der Waals surface area contributed by atoms with Gasteiger partial charge in [0.25, 0.3) is 0 Å². The molecule has 0 spiro atoms. The van der Waals surface area contributed by atoms with Gasteiger partial charge in [-0.15, -0.1) is 0 Å². The quantitative estimate of drug-likeness (QED) is 0.0384. The maximum Gasteiger partial charge on any atom is 0.469 e. The van der Waals surface area contributed by atoms with E-state index in [0.717, 1.165) is 51.4 Å². The van der Waals surface area contributed by atoms with E-state index in [-0.39, 0.29) is 19.4 Å². The van der Waals surface area contributed by atoms with Crippen LogP contribution in [0.25, 0.3) is 0 Å². The summed E-state index contributed by atoms with van der Waals surface area (Å²) < 4.78 is 26.1. The lowest BCUT2D eigenvalue weighted by Gasteiger charge is -2.18. The van der Waals surface area contributed by atoms with Crippen molar-refractivity contribution >= 4 is 19.8 Å². The molecule has 9 heteroatoms. The predicted molar refractivity (Wildman–Crippen MR) is 161 cm³/mol. The van der Waals surface area contributed by atoms with Gasteiger partial charge in [0.2, 0.25) is 0 Å². The zero-order valence-electron chi connectivity index (χ0n) is 25.5. The van der Waals surface area contributed by atoms with Crippen molar-refractivity contribution < 1.29 is 37.9 Å². The molecule has 0 amide bonds. The molecule has 0 saturated heterocycles. The van der Waals surface area contributed by atoms with Gasteiger partial charge in [0.1, 0.15) is 6.61 Å². The van der Waals surface area contributed by atoms with Gasteiger partial charge in [-0.25, -0.2) is 4.57 Å². The molecule has 0 aliphatic carbocycles. The average molecular weight is 591 g/mol. The number of allylic oxidation sites excluding steroid dienone is 2. The number of ether oxygens (including phenoxy) is 2. The van der Waals surface area contributed by atoms with Gasteiger partial charge >= 0.3 is 19.8 Å². The summed E-state index contributed by atoms with van der Waals surface area (Å²) >= 11 is 0. The van der Waals surface area contributed by atoms with Gasteiger partial charge in [-0.2, -0.15) is 0 Å². The van der Waals surface area contributed by atoms with E-state index in [9.17, 15) is 14.2 Å². The minimum atomic E-state index is -4.74. The molecule has 2 N–H and O–H groups in total. The summed E-state index contributed by atoms with van der Waals surface area (Å²) in [4.78, 5) is 42.3. The molecule has 0 aromatic carbocycles. The second-order valence-electron chi connectivity index (χ2n) is 10.8. The van der Waals surface area contributed by atoms with E-state index in [1.54, 1.807) is 0 Å². The second kappa shape index (κ2) is 27.9. The molecule has 0 bridgehead atoms. The van der Waals surface area contributed by atoms with Crippen molar-refractivity contribution in [1.29, 1.82) is 0 Å². The zero-order chi connectivity index (χ0) is 29.7. The number of unbranched alkanes of at least 4 members (excludes halogenated alkanes) is 17. The fourth-order valence-corrected chi connectivity index (χ4v) is 4.73. The Morgan fingerprint density at radius 3 is 1.52 bits per heavy atom. The van der Waals surface area contributed by atoms with Crippen molar-refractivity contribution in [1.82, 2.24) is 0 Å². The highest BCUT2D eigenvalue weighted by atomic mass is 31.2. The highest BCUT2D eigenvalue weighted by Crippen LogP contribution is 2.35. The van der Waals surface area contributed by atoms with E-state index >= 15 is 0 Å². The number of phosphoric acid groups is 1. The van der Waals surface area contributed by atoms with Crippen LogP contribution in [0.1, 0.15) is 155 Å². The molecule has 0 aromatic heterocycles. The van der Waals surface area contributed by atoms with Gasteiger partial charge in [-0.05, 0) is 38.5 Å². The first kappa shape index (κ1) is 38.8. The lowest BCUT2D eigenvalue weighted by Crippen LogP contribution is -2.29. The van der Waals surface area contributed by atoms with Crippen LogP contribution in [0.2, 0.25) is 0 Å². The zero-order valence-corrected chi connectivity index (χ0v) is 26.4. The topological polar surface area (TPSA) is 119 Å². The van der Waals surface area contributed by atoms with Crippen LogP contribution in [-0.4, -0.2) is 41.0 Å². The van der Waals surface area contributed by atoms with E-state index < -0.39 is 32.5 Å². The Labute approximate surface area is 244 Å². The number of carbonyl (C=O) groups excluding carboxylic acids is 2. The van der Waals surface area contributed by atoms with Crippen molar-refractivity contribution in [2.75, 3.05) is 13.2 Å². The smallest absolute Gasteiger partial charge is 0.462 e. The van der Waals surface area contributed by atoms with E-state index in [4.69, 9.17) is 19.3 Å². The highest BCUT2D eigenvalue weighted by molar-refractivity contribution is 7.46. The van der Waals surface area contributed by atoms with Crippen LogP contribution in [0.15, 0.2) is 12.2 Å². The lowest BCUT2D eigenvalue weighted by molar-refractivity contribution is -0.161. The first-order valence-electron chi connectivity index (χ1n) is 16.0. The molecule has 0 aliphatic heterocycles. The molecule has 0 saturated carbocycles. The Balaban J connectivity index is 4.03. The SMILES string of the molecule is CCCCCCC/C=C/CCCCCCCC(=O)O[C@H](COC(=O)CCCCCCCCCC)COP(=O)(O)O. The Morgan fingerprint density at radius 1 is 0.625 bits per heavy atom. The molecule has 1 atom stereocenters. The van der Waals surface area contributed by atoms with Crippen LogP contribution >= 0.6 is 7.82 Å². The van der Waals surface area contributed by atoms with Crippen molar-refractivity contribution in [2.24, 2.45) is 0 Å². The van der Waals surface area contributed by atoms with Crippen molar-refractivity contribution in [3.63, 3.8) is 0 Å². The van der Waals surface area contributed by atoms with Gasteiger partial charge in [0.15, 0.2) is 6.10 Å². The standard InChI is InChI=1S/C31H59O8P/c1-3-5-7-9-11-13-14-15-16-17-18-20-22-24-26-31(33)39-29(28-38-40(34,35)36)27-37-30(32)25-23-21-19-12-10-8-6-4-2/h14-15,29H,3-13,16-28H2,1-2H3,(H2,34,35,36)/b15-14+/t29-/m1/s1. The summed E-state index contributed by atoms with van der Waals surface area (Å²) in [5.41, 5.74) is 0. The van der Waals surface area contributed by atoms with Crippen LogP contribution < -0.4 is 0 Å². The molecular formula is C31H59O8P. The summed E-state index contributed by atoms with van der Waals surface area (Å²) in [6, 6.07) is 0. The van der Waals surface area contributed by atoms with Gasteiger partial charge < -0.3 is 19.3 Å². The number of esters is 2. The monoisotopic (exact) mass is 590 g/mol. The van der Waals surface area contributed by atoms with Crippen LogP contribution in [0, 0.1) is 0 Å². The molecule has 236 valence electrons. The van der Waals surface area contributed by atoms with E-state index in [1.165, 1.54) is 70.6 Å². The van der Waals surface area contributed by atoms with Gasteiger partial charge in [0, 0.05) is 12.8 Å². The summed E-state index contributed by atoms with van der Waals surface area (Å²) in [5.74, 6) is -0.898. The number of hydrogen-bond acceptors (Lipinski definition) is 6. The number of carbonyl (C=O) groups is 2. The predicted octanol–water partition coefficient (Wildman–Crippen LogP) is 8.73. The van der Waals surface area contributed by atoms with E-state index in [0.29, 0.717) is 6.42 Å². The van der Waals surface area contributed by atoms with Crippen LogP contribution in [0.4, 0.5) is 0 Å². The van der Waals surface area contributed by atoms with Crippen LogP contribution in [0.5, 0.6) is 0 Å². The Hall–Kier alpha value is -1.21. The number of rotatable bonds is 29. The Morgan fingerprint density at radius 2 is 1.05 bits per heavy atom. The summed E-state index contributed by atoms with van der Waals surface area (Å²) in [6.45, 7) is 3.60. The van der Waals surface area contributed by atoms with Crippen molar-refractivity contribution in [3.8, 4) is 0 Å². The first-order chi connectivity index (χ1) is 19.3. The minimum Gasteiger partial charge on any atom is -0.462 e. The van der Waals surface area contributed by atoms with Crippen molar-refractivity contribution in [3.05, 3.63) is 12.2 Å². The molecule has 40 heavy (non-hydrogen) atoms. The normalized spacial score (nSPS) is 12.6. The lowest BCUT2D eigenvalue weighted by atomic mass is 10.1. The second-order valence-corrected chi connectivity index (χ2v) is 12.0. The maximum atomic E-state index is 12.3. The van der Waals surface area contributed by atoms with Crippen LogP contribution in [-0.2, 0) is 28.2 Å². The molecule has 0 heterocycles. The molecule has 8 nitrogen and oxygen atoms in total. The number of phosphoric ester groups is 1. The Kier molecular flexibility index (Phi) is 27.1. The van der Waals surface area contributed by atoms with E-state index in [2.05, 4.69) is 30.5 Å². The molecule has 0 rings (SSSR count). The Bertz CT molecular complexity index is 676. The fraction of sp³-hybridized carbons (Fsp3) is 0.871. The maximum absolute atomic E-state index is 12.3. The molecular weight excluding hydrogens is 531 g/mol. The number of hydrogen-bond donors (Lipinski definition) is 2. The van der Waals surface area contributed by atoms with E-state index in [1.807, 2.05) is 0 Å². The van der Waals surface area contributed by atoms with Gasteiger partial charge in [-0.1, -0.05) is 116 Å². The fourth-order valence-electron chi connectivity index (χ4n) is 4.37. The summed E-state index contributed by atoms with van der Waals surface area (Å²) in [5, 5.41) is 0. The third kappa shape index (κ3) is 29.8. The van der Waals surface area contributed by atoms with Crippen molar-refractivity contribution in [2.45, 2.75) is 161 Å². The molecule has 0 unspecified atom stereocenters. The van der Waals surface area contributed by atoms with Crippen LogP contribution in [0.3, 0.4) is 0 Å².